The van der Waals surface area contributed by atoms with Crippen LogP contribution < -0.4 is 14.8 Å². The third kappa shape index (κ3) is 4.32. The third-order valence-electron chi connectivity index (χ3n) is 6.98. The number of aliphatic carboxylic acids is 1. The number of anilines is 1. The van der Waals surface area contributed by atoms with Crippen molar-refractivity contribution in [2.75, 3.05) is 19.0 Å². The lowest BCUT2D eigenvalue weighted by Crippen LogP contribution is -2.25. The predicted octanol–water partition coefficient (Wildman–Crippen LogP) is 6.26. The first-order valence-electron chi connectivity index (χ1n) is 11.6. The van der Waals surface area contributed by atoms with E-state index < -0.39 is 11.9 Å². The van der Waals surface area contributed by atoms with E-state index in [1.54, 1.807) is 26.2 Å². The lowest BCUT2D eigenvalue weighted by atomic mass is 9.83. The van der Waals surface area contributed by atoms with Crippen LogP contribution in [0.25, 0.3) is 11.1 Å². The van der Waals surface area contributed by atoms with Crippen LogP contribution in [-0.2, 0) is 4.79 Å². The Balaban J connectivity index is 1.37. The van der Waals surface area contributed by atoms with Gasteiger partial charge in [0.15, 0.2) is 0 Å². The van der Waals surface area contributed by atoms with Crippen LogP contribution >= 0.6 is 0 Å². The van der Waals surface area contributed by atoms with Crippen molar-refractivity contribution in [3.63, 3.8) is 0 Å². The fraction of sp³-hybridized carbons (Fsp3) is 0.321. The van der Waals surface area contributed by atoms with E-state index in [-0.39, 0.29) is 17.8 Å². The molecule has 3 atom stereocenters. The maximum atomic E-state index is 14.4. The third-order valence-corrected chi connectivity index (χ3v) is 6.98. The number of rotatable bonds is 7. The molecule has 1 fully saturated rings. The number of halogens is 1. The molecule has 0 saturated heterocycles. The SMILES string of the molecule is COc1ccc(F)c(-c2ccc(C3COc4ccc(C(C5CC5)C(C)C(=O)O)cc4N3)cc2)c1. The molecule has 6 heteroatoms. The summed E-state index contributed by atoms with van der Waals surface area (Å²) in [5.41, 5.74) is 4.21. The average molecular weight is 462 g/mol. The molecule has 1 aliphatic carbocycles. The number of carboxylic acids is 1. The van der Waals surface area contributed by atoms with Crippen LogP contribution in [0.1, 0.15) is 42.9 Å². The standard InChI is InChI=1S/C28H28FNO4/c1-16(28(31)32)27(19-7-8-19)20-9-12-26-24(13-20)30-25(15-34-26)18-5-3-17(4-6-18)22-14-21(33-2)10-11-23(22)29/h3-6,9-14,16,19,25,27,30H,7-8,15H2,1-2H3,(H,31,32). The quantitative estimate of drug-likeness (QED) is 0.435. The van der Waals surface area contributed by atoms with Crippen LogP contribution in [-0.4, -0.2) is 24.8 Å². The lowest BCUT2D eigenvalue weighted by Gasteiger charge is -2.30. The summed E-state index contributed by atoms with van der Waals surface area (Å²) in [4.78, 5) is 11.7. The van der Waals surface area contributed by atoms with Crippen LogP contribution in [0.5, 0.6) is 11.5 Å². The summed E-state index contributed by atoms with van der Waals surface area (Å²) in [5.74, 6) is 0.315. The molecule has 176 valence electrons. The molecule has 1 heterocycles. The second-order valence-electron chi connectivity index (χ2n) is 9.22. The Labute approximate surface area is 198 Å². The number of benzene rings is 3. The van der Waals surface area contributed by atoms with Gasteiger partial charge in [-0.25, -0.2) is 4.39 Å². The Hall–Kier alpha value is -3.54. The molecule has 0 radical (unpaired) electrons. The number of carbonyl (C=O) groups is 1. The first-order chi connectivity index (χ1) is 16.4. The summed E-state index contributed by atoms with van der Waals surface area (Å²) >= 11 is 0. The smallest absolute Gasteiger partial charge is 0.306 e. The second-order valence-corrected chi connectivity index (χ2v) is 9.22. The molecule has 2 aliphatic rings. The van der Waals surface area contributed by atoms with Gasteiger partial charge in [-0.15, -0.1) is 0 Å². The Bertz CT molecular complexity index is 1210. The summed E-state index contributed by atoms with van der Waals surface area (Å²) in [6.07, 6.45) is 2.15. The van der Waals surface area contributed by atoms with E-state index in [0.29, 0.717) is 23.8 Å². The van der Waals surface area contributed by atoms with Crippen molar-refractivity contribution in [3.05, 3.63) is 77.6 Å². The maximum absolute atomic E-state index is 14.4. The van der Waals surface area contributed by atoms with Crippen LogP contribution in [0, 0.1) is 17.7 Å². The topological polar surface area (TPSA) is 67.8 Å². The van der Waals surface area contributed by atoms with E-state index in [4.69, 9.17) is 9.47 Å². The van der Waals surface area contributed by atoms with E-state index in [1.165, 1.54) is 6.07 Å². The minimum Gasteiger partial charge on any atom is -0.497 e. The number of hydrogen-bond acceptors (Lipinski definition) is 4. The molecule has 34 heavy (non-hydrogen) atoms. The fourth-order valence-corrected chi connectivity index (χ4v) is 4.90. The first-order valence-corrected chi connectivity index (χ1v) is 11.6. The summed E-state index contributed by atoms with van der Waals surface area (Å²) in [5, 5.41) is 13.2. The molecule has 1 saturated carbocycles. The van der Waals surface area contributed by atoms with Crippen molar-refractivity contribution in [3.8, 4) is 22.6 Å². The van der Waals surface area contributed by atoms with Gasteiger partial charge in [-0.1, -0.05) is 37.3 Å². The Kier molecular flexibility index (Phi) is 5.90. The molecule has 0 aromatic heterocycles. The molecule has 0 bridgehead atoms. The summed E-state index contributed by atoms with van der Waals surface area (Å²) < 4.78 is 25.6. The predicted molar refractivity (Wildman–Crippen MR) is 129 cm³/mol. The van der Waals surface area contributed by atoms with Crippen molar-refractivity contribution in [2.24, 2.45) is 11.8 Å². The van der Waals surface area contributed by atoms with Gasteiger partial charge in [0.25, 0.3) is 0 Å². The highest BCUT2D eigenvalue weighted by Crippen LogP contribution is 2.48. The Morgan fingerprint density at radius 1 is 1.12 bits per heavy atom. The maximum Gasteiger partial charge on any atom is 0.306 e. The zero-order valence-electron chi connectivity index (χ0n) is 19.3. The molecule has 0 spiro atoms. The second kappa shape index (κ2) is 9.01. The normalized spacial score (nSPS) is 18.7. The number of nitrogens with one attached hydrogen (secondary N) is 1. The van der Waals surface area contributed by atoms with Gasteiger partial charge < -0.3 is 19.9 Å². The lowest BCUT2D eigenvalue weighted by molar-refractivity contribution is -0.142. The van der Waals surface area contributed by atoms with Crippen molar-refractivity contribution in [1.82, 2.24) is 0 Å². The summed E-state index contributed by atoms with van der Waals surface area (Å²) in [7, 11) is 1.56. The van der Waals surface area contributed by atoms with Crippen molar-refractivity contribution < 1.29 is 23.8 Å². The minimum absolute atomic E-state index is 0.00187. The van der Waals surface area contributed by atoms with Gasteiger partial charge in [-0.2, -0.15) is 0 Å². The van der Waals surface area contributed by atoms with E-state index in [2.05, 4.69) is 5.32 Å². The van der Waals surface area contributed by atoms with E-state index in [9.17, 15) is 14.3 Å². The van der Waals surface area contributed by atoms with Gasteiger partial charge in [-0.3, -0.25) is 4.79 Å². The fourth-order valence-electron chi connectivity index (χ4n) is 4.90. The van der Waals surface area contributed by atoms with Crippen LogP contribution in [0.4, 0.5) is 10.1 Å². The molecule has 3 aromatic rings. The van der Waals surface area contributed by atoms with Crippen LogP contribution in [0.2, 0.25) is 0 Å². The van der Waals surface area contributed by atoms with Crippen molar-refractivity contribution in [2.45, 2.75) is 31.7 Å². The molecular formula is C28H28FNO4. The molecule has 3 unspecified atom stereocenters. The van der Waals surface area contributed by atoms with Crippen LogP contribution in [0.3, 0.4) is 0 Å². The highest BCUT2D eigenvalue weighted by molar-refractivity contribution is 5.72. The van der Waals surface area contributed by atoms with Gasteiger partial charge in [0.2, 0.25) is 0 Å². The zero-order valence-corrected chi connectivity index (χ0v) is 19.3. The Morgan fingerprint density at radius 2 is 1.88 bits per heavy atom. The molecule has 0 amide bonds. The van der Waals surface area contributed by atoms with Gasteiger partial charge in [0, 0.05) is 5.56 Å². The number of ether oxygens (including phenoxy) is 2. The number of fused-ring (bicyclic) bond motifs is 1. The highest BCUT2D eigenvalue weighted by Gasteiger charge is 2.39. The average Bonchev–Trinajstić information content (AvgIpc) is 3.69. The van der Waals surface area contributed by atoms with Gasteiger partial charge >= 0.3 is 5.97 Å². The van der Waals surface area contributed by atoms with Gasteiger partial charge in [-0.05, 0) is 71.7 Å². The molecule has 5 rings (SSSR count). The van der Waals surface area contributed by atoms with E-state index in [1.807, 2.05) is 42.5 Å². The molecule has 3 aromatic carbocycles. The molecule has 5 nitrogen and oxygen atoms in total. The van der Waals surface area contributed by atoms with E-state index in [0.717, 1.165) is 41.0 Å². The first kappa shape index (κ1) is 22.3. The zero-order chi connectivity index (χ0) is 23.8. The minimum atomic E-state index is -0.760. The molecule has 2 N–H and O–H groups in total. The van der Waals surface area contributed by atoms with Gasteiger partial charge in [0.1, 0.15) is 23.9 Å². The van der Waals surface area contributed by atoms with Crippen LogP contribution in [0.15, 0.2) is 60.7 Å². The molecule has 1 aliphatic heterocycles. The monoisotopic (exact) mass is 461 g/mol. The van der Waals surface area contributed by atoms with E-state index >= 15 is 0 Å². The largest absolute Gasteiger partial charge is 0.497 e. The highest BCUT2D eigenvalue weighted by atomic mass is 19.1. The summed E-state index contributed by atoms with van der Waals surface area (Å²) in [6.45, 7) is 2.26. The number of methoxy groups -OCH3 is 1. The number of hydrogen-bond donors (Lipinski definition) is 2. The molecular weight excluding hydrogens is 433 g/mol. The van der Waals surface area contributed by atoms with Crippen molar-refractivity contribution in [1.29, 1.82) is 0 Å². The van der Waals surface area contributed by atoms with Gasteiger partial charge in [0.05, 0.1) is 24.8 Å². The summed E-state index contributed by atoms with van der Waals surface area (Å²) in [6, 6.07) is 18.4. The van der Waals surface area contributed by atoms with Crippen molar-refractivity contribution >= 4 is 11.7 Å². The Morgan fingerprint density at radius 3 is 2.56 bits per heavy atom. The number of carboxylic acid groups (broad SMARTS) is 1.